The van der Waals surface area contributed by atoms with Crippen LogP contribution in [0.2, 0.25) is 0 Å². The van der Waals surface area contributed by atoms with E-state index >= 15 is 0 Å². The van der Waals surface area contributed by atoms with Crippen molar-refractivity contribution in [3.05, 3.63) is 0 Å². The van der Waals surface area contributed by atoms with Crippen LogP contribution in [0, 0.1) is 0 Å². The Morgan fingerprint density at radius 3 is 2.64 bits per heavy atom. The molecule has 1 N–H and O–H groups in total. The summed E-state index contributed by atoms with van der Waals surface area (Å²) in [5.74, 6) is 0. The van der Waals surface area contributed by atoms with E-state index in [4.69, 9.17) is 4.52 Å². The number of hydrogen-bond donors (Lipinski definition) is 1. The zero-order valence-electron chi connectivity index (χ0n) is 8.02. The van der Waals surface area contributed by atoms with Crippen molar-refractivity contribution in [3.8, 4) is 0 Å². The molecule has 84 valence electrons. The molecule has 0 saturated carbocycles. The topological polar surface area (TPSA) is 58.6 Å². The lowest BCUT2D eigenvalue weighted by molar-refractivity contribution is -0.127. The fourth-order valence-corrected chi connectivity index (χ4v) is 4.32. The molecular formula is C5H12FN2O3PS2. The number of carbonyl (C=O) groups excluding carboxylic acids is 1. The number of nitrogens with one attached hydrogen (secondary N) is 1. The maximum atomic E-state index is 11.8. The van der Waals surface area contributed by atoms with Gasteiger partial charge in [0.15, 0.2) is 0 Å². The first kappa shape index (κ1) is 14.4. The summed E-state index contributed by atoms with van der Waals surface area (Å²) in [4.78, 5) is 9.95. The molecule has 0 rings (SSSR count). The van der Waals surface area contributed by atoms with Gasteiger partial charge in [0.05, 0.1) is 6.54 Å². The summed E-state index contributed by atoms with van der Waals surface area (Å²) in [6.07, 6.45) is 1.64. The average molecular weight is 262 g/mol. The third-order valence-electron chi connectivity index (χ3n) is 1.21. The van der Waals surface area contributed by atoms with Gasteiger partial charge >= 0.3 is 12.8 Å². The van der Waals surface area contributed by atoms with E-state index in [0.717, 1.165) is 23.5 Å². The van der Waals surface area contributed by atoms with E-state index in [0.29, 0.717) is 0 Å². The molecule has 0 aliphatic carbocycles. The fraction of sp³-hybridized carbons (Fsp3) is 0.800. The largest absolute Gasteiger partial charge is 0.338 e. The minimum Gasteiger partial charge on any atom is -0.313 e. The van der Waals surface area contributed by atoms with Crippen LogP contribution in [0.5, 0.6) is 0 Å². The molecular weight excluding hydrogens is 250 g/mol. The zero-order chi connectivity index (χ0) is 11.2. The Balaban J connectivity index is 4.00. The number of rotatable bonds is 7. The highest BCUT2D eigenvalue weighted by molar-refractivity contribution is 8.56. The summed E-state index contributed by atoms with van der Waals surface area (Å²) >= 11 is 1.93. The summed E-state index contributed by atoms with van der Waals surface area (Å²) in [5, 5.41) is 0. The first-order valence-electron chi connectivity index (χ1n) is 3.50. The van der Waals surface area contributed by atoms with Crippen LogP contribution < -0.4 is 4.72 Å². The predicted octanol–water partition coefficient (Wildman–Crippen LogP) is 1.68. The van der Waals surface area contributed by atoms with Crippen LogP contribution in [0.15, 0.2) is 0 Å². The van der Waals surface area contributed by atoms with Gasteiger partial charge in [0.2, 0.25) is 0 Å². The molecule has 0 radical (unpaired) electrons. The van der Waals surface area contributed by atoms with E-state index in [1.165, 1.54) is 18.2 Å². The van der Waals surface area contributed by atoms with Gasteiger partial charge in [0.25, 0.3) is 0 Å². The lowest BCUT2D eigenvalue weighted by atomic mass is 10.7. The zero-order valence-corrected chi connectivity index (χ0v) is 10.5. The Morgan fingerprint density at radius 1 is 1.71 bits per heavy atom. The molecule has 1 unspecified atom stereocenters. The Kier molecular flexibility index (Phi) is 7.01. The average Bonchev–Trinajstić information content (AvgIpc) is 2.15. The van der Waals surface area contributed by atoms with Crippen molar-refractivity contribution in [2.24, 2.45) is 0 Å². The van der Waals surface area contributed by atoms with Crippen LogP contribution in [0.25, 0.3) is 0 Å². The van der Waals surface area contributed by atoms with Crippen molar-refractivity contribution >= 4 is 36.3 Å². The Labute approximate surface area is 90.6 Å². The third-order valence-corrected chi connectivity index (χ3v) is 7.13. The molecule has 14 heavy (non-hydrogen) atoms. The normalized spacial score (nSPS) is 15.5. The van der Waals surface area contributed by atoms with Crippen molar-refractivity contribution in [1.29, 1.82) is 0 Å². The van der Waals surface area contributed by atoms with Gasteiger partial charge in [-0.15, -0.1) is 0 Å². The third kappa shape index (κ3) is 4.77. The highest BCUT2D eigenvalue weighted by Gasteiger charge is 2.27. The molecule has 0 aliphatic rings. The molecule has 0 fully saturated rings. The van der Waals surface area contributed by atoms with E-state index < -0.39 is 19.3 Å². The summed E-state index contributed by atoms with van der Waals surface area (Å²) in [7, 11) is 2.86. The highest BCUT2D eigenvalue weighted by atomic mass is 32.7. The van der Waals surface area contributed by atoms with Gasteiger partial charge in [-0.2, -0.15) is 8.47 Å². The highest BCUT2D eigenvalue weighted by Crippen LogP contribution is 2.61. The van der Waals surface area contributed by atoms with Crippen molar-refractivity contribution in [3.63, 3.8) is 0 Å². The fourth-order valence-electron chi connectivity index (χ4n) is 0.537. The molecule has 0 bridgehead atoms. The molecule has 0 saturated heterocycles. The molecule has 0 spiro atoms. The molecule has 0 amide bonds. The molecule has 0 aromatic heterocycles. The van der Waals surface area contributed by atoms with Crippen LogP contribution in [0.4, 0.5) is 4.39 Å². The second-order valence-electron chi connectivity index (χ2n) is 2.07. The maximum absolute atomic E-state index is 11.8. The van der Waals surface area contributed by atoms with Gasteiger partial charge in [-0.3, -0.25) is 9.36 Å². The lowest BCUT2D eigenvalue weighted by Crippen LogP contribution is -2.18. The SMILES string of the molecule is COP(=O)(SC)N(C)SNCC(=O)F. The monoisotopic (exact) mass is 262 g/mol. The summed E-state index contributed by atoms with van der Waals surface area (Å²) < 4.78 is 32.1. The van der Waals surface area contributed by atoms with Crippen LogP contribution in [0.3, 0.4) is 0 Å². The van der Waals surface area contributed by atoms with E-state index in [2.05, 4.69) is 4.72 Å². The smallest absolute Gasteiger partial charge is 0.313 e. The first-order valence-corrected chi connectivity index (χ1v) is 7.68. The van der Waals surface area contributed by atoms with Crippen molar-refractivity contribution < 1.29 is 18.3 Å². The second kappa shape index (κ2) is 6.81. The minimum absolute atomic E-state index is 0.424. The Hall–Kier alpha value is 0.410. The molecule has 0 heterocycles. The van der Waals surface area contributed by atoms with Gasteiger partial charge in [0.1, 0.15) is 0 Å². The standard InChI is InChI=1S/C5H12FN2O3PS2/c1-8(12(10,11-2)13-3)14-7-4-5(6)9/h7H,4H2,1-3H3. The molecule has 0 aromatic carbocycles. The summed E-state index contributed by atoms with van der Waals surface area (Å²) in [6, 6.07) is -1.47. The summed E-state index contributed by atoms with van der Waals surface area (Å²) in [5.41, 5.74) is 0. The molecule has 1 atom stereocenters. The second-order valence-corrected chi connectivity index (χ2v) is 8.10. The van der Waals surface area contributed by atoms with Gasteiger partial charge in [-0.25, -0.2) is 4.72 Å². The number of nitrogens with zero attached hydrogens (tertiary/aromatic N) is 1. The van der Waals surface area contributed by atoms with Gasteiger partial charge in [-0.1, -0.05) is 11.4 Å². The van der Waals surface area contributed by atoms with Crippen molar-refractivity contribution in [2.75, 3.05) is 27.0 Å². The van der Waals surface area contributed by atoms with E-state index in [1.807, 2.05) is 0 Å². The summed E-state index contributed by atoms with van der Waals surface area (Å²) in [6.45, 7) is -3.34. The van der Waals surface area contributed by atoms with E-state index in [9.17, 15) is 13.8 Å². The van der Waals surface area contributed by atoms with Crippen LogP contribution >= 0.6 is 30.2 Å². The minimum atomic E-state index is -2.92. The van der Waals surface area contributed by atoms with Crippen LogP contribution in [-0.2, 0) is 13.9 Å². The molecule has 9 heteroatoms. The maximum Gasteiger partial charge on any atom is 0.338 e. The molecule has 5 nitrogen and oxygen atoms in total. The Morgan fingerprint density at radius 2 is 2.29 bits per heavy atom. The first-order chi connectivity index (χ1) is 6.46. The van der Waals surface area contributed by atoms with Crippen LogP contribution in [0.1, 0.15) is 0 Å². The van der Waals surface area contributed by atoms with Crippen molar-refractivity contribution in [2.45, 2.75) is 0 Å². The van der Waals surface area contributed by atoms with E-state index in [-0.39, 0.29) is 0 Å². The van der Waals surface area contributed by atoms with Gasteiger partial charge < -0.3 is 4.52 Å². The van der Waals surface area contributed by atoms with Gasteiger partial charge in [0, 0.05) is 26.3 Å². The quantitative estimate of drug-likeness (QED) is 0.425. The Bertz CT molecular complexity index is 235. The number of hydrogen-bond acceptors (Lipinski definition) is 6. The predicted molar refractivity (Wildman–Crippen MR) is 57.6 cm³/mol. The lowest BCUT2D eigenvalue weighted by Gasteiger charge is -2.22. The van der Waals surface area contributed by atoms with Gasteiger partial charge in [-0.05, 0) is 6.26 Å². The molecule has 0 aliphatic heterocycles. The van der Waals surface area contributed by atoms with Crippen LogP contribution in [-0.4, -0.2) is 37.1 Å². The van der Waals surface area contributed by atoms with Crippen molar-refractivity contribution in [1.82, 2.24) is 8.80 Å². The molecule has 0 aromatic rings. The number of carbonyl (C=O) groups is 1. The van der Waals surface area contributed by atoms with E-state index in [1.54, 1.807) is 6.26 Å². The number of halogens is 1.